The molecule has 0 fully saturated rings. The molecule has 0 aromatic heterocycles. The summed E-state index contributed by atoms with van der Waals surface area (Å²) in [4.78, 5) is 20.6. The molecular formula is C18H30O4. The molecule has 0 amide bonds. The Morgan fingerprint density at radius 1 is 0.545 bits per heavy atom. The van der Waals surface area contributed by atoms with E-state index in [2.05, 4.69) is 24.3 Å². The highest BCUT2D eigenvalue weighted by atomic mass is 16.4. The molecule has 0 radical (unpaired) electrons. The van der Waals surface area contributed by atoms with Crippen molar-refractivity contribution < 1.29 is 19.8 Å². The van der Waals surface area contributed by atoms with Crippen LogP contribution in [0.1, 0.15) is 77.0 Å². The SMILES string of the molecule is O=C(O)CCCCC/C=C/CC/C=C/CCCCCC(=O)O. The molecule has 0 bridgehead atoms. The molecule has 0 rings (SSSR count). The van der Waals surface area contributed by atoms with E-state index in [4.69, 9.17) is 10.2 Å². The van der Waals surface area contributed by atoms with Crippen molar-refractivity contribution in [3.05, 3.63) is 24.3 Å². The van der Waals surface area contributed by atoms with Crippen LogP contribution in [-0.4, -0.2) is 22.2 Å². The lowest BCUT2D eigenvalue weighted by molar-refractivity contribution is -0.138. The Labute approximate surface area is 133 Å². The second kappa shape index (κ2) is 15.8. The summed E-state index contributed by atoms with van der Waals surface area (Å²) in [7, 11) is 0. The normalized spacial score (nSPS) is 11.5. The third-order valence-corrected chi connectivity index (χ3v) is 3.36. The number of hydrogen-bond donors (Lipinski definition) is 2. The van der Waals surface area contributed by atoms with Crippen molar-refractivity contribution in [2.45, 2.75) is 77.0 Å². The van der Waals surface area contributed by atoms with E-state index < -0.39 is 11.9 Å². The van der Waals surface area contributed by atoms with Crippen molar-refractivity contribution in [3.8, 4) is 0 Å². The maximum Gasteiger partial charge on any atom is 0.303 e. The van der Waals surface area contributed by atoms with Crippen LogP contribution < -0.4 is 0 Å². The van der Waals surface area contributed by atoms with Gasteiger partial charge in [-0.1, -0.05) is 37.1 Å². The van der Waals surface area contributed by atoms with E-state index in [1.807, 2.05) is 0 Å². The molecule has 2 N–H and O–H groups in total. The number of carboxylic acids is 2. The standard InChI is InChI=1S/C18H30O4/c19-17(20)15-13-11-9-7-5-3-1-2-4-6-8-10-12-14-16-18(21)22/h3-6H,1-2,7-16H2,(H,19,20)(H,21,22)/b5-3+,6-4+. The molecule has 0 aliphatic rings. The third-order valence-electron chi connectivity index (χ3n) is 3.36. The average Bonchev–Trinajstić information content (AvgIpc) is 2.46. The molecule has 0 atom stereocenters. The minimum atomic E-state index is -0.704. The number of carbonyl (C=O) groups is 2. The second-order valence-corrected chi connectivity index (χ2v) is 5.51. The van der Waals surface area contributed by atoms with Gasteiger partial charge in [0.1, 0.15) is 0 Å². The summed E-state index contributed by atoms with van der Waals surface area (Å²) >= 11 is 0. The van der Waals surface area contributed by atoms with Crippen LogP contribution in [-0.2, 0) is 9.59 Å². The number of allylic oxidation sites excluding steroid dienone is 4. The molecule has 0 spiro atoms. The topological polar surface area (TPSA) is 74.6 Å². The van der Waals surface area contributed by atoms with Crippen molar-refractivity contribution in [1.29, 1.82) is 0 Å². The maximum absolute atomic E-state index is 10.3. The van der Waals surface area contributed by atoms with Gasteiger partial charge in [0.05, 0.1) is 0 Å². The highest BCUT2D eigenvalue weighted by Gasteiger charge is 1.95. The lowest BCUT2D eigenvalue weighted by Gasteiger charge is -1.96. The predicted octanol–water partition coefficient (Wildman–Crippen LogP) is 4.95. The number of aliphatic carboxylic acids is 2. The van der Waals surface area contributed by atoms with Gasteiger partial charge in [-0.25, -0.2) is 0 Å². The zero-order valence-electron chi connectivity index (χ0n) is 13.5. The highest BCUT2D eigenvalue weighted by molar-refractivity contribution is 5.66. The van der Waals surface area contributed by atoms with Crippen LogP contribution in [0, 0.1) is 0 Å². The Morgan fingerprint density at radius 2 is 0.909 bits per heavy atom. The first-order chi connectivity index (χ1) is 10.6. The zero-order chi connectivity index (χ0) is 16.5. The van der Waals surface area contributed by atoms with E-state index in [0.29, 0.717) is 0 Å². The molecule has 0 aromatic rings. The van der Waals surface area contributed by atoms with Crippen LogP contribution >= 0.6 is 0 Å². The van der Waals surface area contributed by atoms with Gasteiger partial charge >= 0.3 is 11.9 Å². The number of carboxylic acid groups (broad SMARTS) is 2. The van der Waals surface area contributed by atoms with Gasteiger partial charge < -0.3 is 10.2 Å². The van der Waals surface area contributed by atoms with Crippen LogP contribution in [0.15, 0.2) is 24.3 Å². The fourth-order valence-corrected chi connectivity index (χ4v) is 2.09. The smallest absolute Gasteiger partial charge is 0.303 e. The Bertz CT molecular complexity index is 311. The monoisotopic (exact) mass is 310 g/mol. The summed E-state index contributed by atoms with van der Waals surface area (Å²) in [5, 5.41) is 17.0. The van der Waals surface area contributed by atoms with E-state index in [0.717, 1.165) is 64.2 Å². The highest BCUT2D eigenvalue weighted by Crippen LogP contribution is 2.06. The summed E-state index contributed by atoms with van der Waals surface area (Å²) in [5.74, 6) is -1.41. The van der Waals surface area contributed by atoms with Crippen LogP contribution in [0.4, 0.5) is 0 Å². The molecular weight excluding hydrogens is 280 g/mol. The second-order valence-electron chi connectivity index (χ2n) is 5.51. The molecule has 0 saturated heterocycles. The first-order valence-electron chi connectivity index (χ1n) is 8.36. The lowest BCUT2D eigenvalue weighted by Crippen LogP contribution is -1.93. The van der Waals surface area contributed by atoms with E-state index in [1.54, 1.807) is 0 Å². The van der Waals surface area contributed by atoms with Crippen LogP contribution in [0.5, 0.6) is 0 Å². The first-order valence-corrected chi connectivity index (χ1v) is 8.36. The zero-order valence-corrected chi connectivity index (χ0v) is 13.5. The molecule has 0 unspecified atom stereocenters. The van der Waals surface area contributed by atoms with Gasteiger partial charge in [0.15, 0.2) is 0 Å². The van der Waals surface area contributed by atoms with Gasteiger partial charge in [0.2, 0.25) is 0 Å². The summed E-state index contributed by atoms with van der Waals surface area (Å²) in [6.45, 7) is 0. The van der Waals surface area contributed by atoms with E-state index in [-0.39, 0.29) is 12.8 Å². The van der Waals surface area contributed by atoms with E-state index in [1.165, 1.54) is 0 Å². The van der Waals surface area contributed by atoms with Crippen molar-refractivity contribution in [2.24, 2.45) is 0 Å². The average molecular weight is 310 g/mol. The Morgan fingerprint density at radius 3 is 1.27 bits per heavy atom. The van der Waals surface area contributed by atoms with Crippen molar-refractivity contribution in [2.75, 3.05) is 0 Å². The molecule has 4 nitrogen and oxygen atoms in total. The number of unbranched alkanes of at least 4 members (excludes halogenated alkanes) is 7. The molecule has 0 heterocycles. The van der Waals surface area contributed by atoms with Gasteiger partial charge in [-0.3, -0.25) is 9.59 Å². The molecule has 0 aliphatic heterocycles. The van der Waals surface area contributed by atoms with Crippen LogP contribution in [0.25, 0.3) is 0 Å². The van der Waals surface area contributed by atoms with E-state index >= 15 is 0 Å². The number of rotatable bonds is 15. The quantitative estimate of drug-likeness (QED) is 0.331. The van der Waals surface area contributed by atoms with Crippen molar-refractivity contribution in [3.63, 3.8) is 0 Å². The van der Waals surface area contributed by atoms with Crippen LogP contribution in [0.3, 0.4) is 0 Å². The molecule has 0 aromatic carbocycles. The van der Waals surface area contributed by atoms with Crippen molar-refractivity contribution >= 4 is 11.9 Å². The molecule has 0 aliphatic carbocycles. The molecule has 126 valence electrons. The Balaban J connectivity index is 3.23. The van der Waals surface area contributed by atoms with Gasteiger partial charge in [0.25, 0.3) is 0 Å². The van der Waals surface area contributed by atoms with Gasteiger partial charge in [0, 0.05) is 12.8 Å². The number of hydrogen-bond acceptors (Lipinski definition) is 2. The molecule has 4 heteroatoms. The minimum Gasteiger partial charge on any atom is -0.481 e. The first kappa shape index (κ1) is 20.4. The predicted molar refractivity (Wildman–Crippen MR) is 89.0 cm³/mol. The summed E-state index contributed by atoms with van der Waals surface area (Å²) in [5.41, 5.74) is 0. The molecule has 22 heavy (non-hydrogen) atoms. The third kappa shape index (κ3) is 18.4. The van der Waals surface area contributed by atoms with Crippen molar-refractivity contribution in [1.82, 2.24) is 0 Å². The molecule has 0 saturated carbocycles. The minimum absolute atomic E-state index is 0.283. The van der Waals surface area contributed by atoms with E-state index in [9.17, 15) is 9.59 Å². The summed E-state index contributed by atoms with van der Waals surface area (Å²) in [6.07, 6.45) is 19.1. The van der Waals surface area contributed by atoms with Gasteiger partial charge in [-0.2, -0.15) is 0 Å². The Kier molecular flexibility index (Phi) is 14.7. The fraction of sp³-hybridized carbons (Fsp3) is 0.667. The maximum atomic E-state index is 10.3. The fourth-order valence-electron chi connectivity index (χ4n) is 2.09. The van der Waals surface area contributed by atoms with Gasteiger partial charge in [-0.15, -0.1) is 0 Å². The lowest BCUT2D eigenvalue weighted by atomic mass is 10.1. The Hall–Kier alpha value is -1.58. The largest absolute Gasteiger partial charge is 0.481 e. The summed E-state index contributed by atoms with van der Waals surface area (Å²) < 4.78 is 0. The summed E-state index contributed by atoms with van der Waals surface area (Å²) in [6, 6.07) is 0. The van der Waals surface area contributed by atoms with Crippen LogP contribution in [0.2, 0.25) is 0 Å². The van der Waals surface area contributed by atoms with Gasteiger partial charge in [-0.05, 0) is 51.4 Å².